The molecule has 0 radical (unpaired) electrons. The number of unbranched alkanes of at least 4 members (excludes halogenated alkanes) is 1. The number of hydrogen-bond donors (Lipinski definition) is 2. The maximum atomic E-state index is 13.9. The van der Waals surface area contributed by atoms with Crippen LogP contribution in [-0.4, -0.2) is 42.5 Å². The molecule has 2 aromatic rings. The Kier molecular flexibility index (Phi) is 8.65. The number of alkyl carbamates (subject to hydrolysis) is 1. The van der Waals surface area contributed by atoms with E-state index in [2.05, 4.69) is 22.1 Å². The molecule has 4 rings (SSSR count). The molecule has 206 valence electrons. The number of nitrogens with one attached hydrogen (secondary N) is 2. The molecule has 2 unspecified atom stereocenters. The Hall–Kier alpha value is -1.98. The van der Waals surface area contributed by atoms with E-state index in [-0.39, 0.29) is 37.6 Å². The summed E-state index contributed by atoms with van der Waals surface area (Å²) in [6, 6.07) is 1.30. The molecular formula is C26H39F2N5O3S. The van der Waals surface area contributed by atoms with Gasteiger partial charge in [-0.2, -0.15) is 5.10 Å². The first kappa shape index (κ1) is 28.0. The van der Waals surface area contributed by atoms with E-state index in [9.17, 15) is 18.1 Å². The lowest BCUT2D eigenvalue weighted by Gasteiger charge is -2.33. The van der Waals surface area contributed by atoms with E-state index in [1.165, 1.54) is 0 Å². The number of carbonyl (C=O) groups excluding carboxylic acids is 1. The predicted octanol–water partition coefficient (Wildman–Crippen LogP) is 5.63. The van der Waals surface area contributed by atoms with Crippen LogP contribution in [0.25, 0.3) is 5.65 Å². The fraction of sp³-hybridized carbons (Fsp3) is 0.731. The van der Waals surface area contributed by atoms with E-state index >= 15 is 0 Å². The van der Waals surface area contributed by atoms with Gasteiger partial charge in [0.05, 0.1) is 30.2 Å². The van der Waals surface area contributed by atoms with Crippen molar-refractivity contribution >= 4 is 23.1 Å². The predicted molar refractivity (Wildman–Crippen MR) is 139 cm³/mol. The highest BCUT2D eigenvalue weighted by Crippen LogP contribution is 2.43. The zero-order valence-corrected chi connectivity index (χ0v) is 23.0. The van der Waals surface area contributed by atoms with E-state index in [1.807, 2.05) is 6.07 Å². The Morgan fingerprint density at radius 3 is 2.54 bits per heavy atom. The fourth-order valence-electron chi connectivity index (χ4n) is 4.84. The highest BCUT2D eigenvalue weighted by molar-refractivity contribution is 7.89. The Morgan fingerprint density at radius 2 is 1.92 bits per heavy atom. The van der Waals surface area contributed by atoms with E-state index in [1.54, 1.807) is 37.7 Å². The molecule has 2 aliphatic rings. The van der Waals surface area contributed by atoms with E-state index in [0.29, 0.717) is 23.0 Å². The summed E-state index contributed by atoms with van der Waals surface area (Å²) in [5.74, 6) is -1.85. The molecule has 3 atom stereocenters. The van der Waals surface area contributed by atoms with Gasteiger partial charge in [-0.25, -0.2) is 23.1 Å². The lowest BCUT2D eigenvalue weighted by atomic mass is 9.81. The number of imidazole rings is 1. The van der Waals surface area contributed by atoms with Gasteiger partial charge in [0.1, 0.15) is 11.4 Å². The van der Waals surface area contributed by atoms with Crippen LogP contribution in [-0.2, 0) is 16.1 Å². The van der Waals surface area contributed by atoms with Crippen molar-refractivity contribution in [2.75, 3.05) is 5.75 Å². The van der Waals surface area contributed by atoms with Gasteiger partial charge in [-0.15, -0.1) is 4.72 Å². The molecule has 37 heavy (non-hydrogen) atoms. The van der Waals surface area contributed by atoms with Crippen molar-refractivity contribution in [1.82, 2.24) is 24.6 Å². The van der Waals surface area contributed by atoms with Crippen molar-refractivity contribution in [3.8, 4) is 0 Å². The fourth-order valence-corrected chi connectivity index (χ4v) is 6.12. The number of rotatable bonds is 10. The minimum atomic E-state index is -2.68. The molecular weight excluding hydrogens is 500 g/mol. The Labute approximate surface area is 220 Å². The second-order valence-electron chi connectivity index (χ2n) is 11.4. The average molecular weight is 540 g/mol. The number of ether oxygens (including phenoxy) is 1. The third-order valence-corrected chi connectivity index (χ3v) is 8.15. The van der Waals surface area contributed by atoms with Crippen LogP contribution in [0.2, 0.25) is 0 Å². The molecule has 0 aliphatic heterocycles. The minimum absolute atomic E-state index is 0.0633. The van der Waals surface area contributed by atoms with E-state index in [4.69, 9.17) is 9.72 Å². The summed E-state index contributed by atoms with van der Waals surface area (Å²) < 4.78 is 50.7. The van der Waals surface area contributed by atoms with Crippen molar-refractivity contribution in [3.63, 3.8) is 0 Å². The van der Waals surface area contributed by atoms with Crippen LogP contribution in [0.3, 0.4) is 0 Å². The van der Waals surface area contributed by atoms with Crippen molar-refractivity contribution in [2.45, 2.75) is 103 Å². The van der Waals surface area contributed by atoms with Crippen molar-refractivity contribution in [1.29, 1.82) is 0 Å². The minimum Gasteiger partial charge on any atom is -0.598 e. The van der Waals surface area contributed by atoms with Crippen LogP contribution in [0.4, 0.5) is 13.6 Å². The monoisotopic (exact) mass is 539 g/mol. The Morgan fingerprint density at radius 1 is 1.24 bits per heavy atom. The van der Waals surface area contributed by atoms with Gasteiger partial charge in [0.2, 0.25) is 5.92 Å². The Balaban J connectivity index is 1.57. The number of hydrogen-bond acceptors (Lipinski definition) is 6. The standard InChI is InChI=1S/C26H39F2N5O3S/c1-5-6-13-37(35)32-22(17-7-8-17)19-14-21-30-20(16-33(21)29-15-19)23(31-24(34)36-25(2,3)4)18-9-11-26(27,28)12-10-18/h14-18,22-23,32H,5-13H2,1-4H3,(H,31,34)/t22?,23-,37?/m0/s1. The summed E-state index contributed by atoms with van der Waals surface area (Å²) in [5, 5.41) is 7.44. The molecule has 0 saturated heterocycles. The molecule has 0 bridgehead atoms. The number of amides is 1. The highest BCUT2D eigenvalue weighted by Gasteiger charge is 2.40. The van der Waals surface area contributed by atoms with Gasteiger partial charge in [-0.1, -0.05) is 13.3 Å². The zero-order chi connectivity index (χ0) is 26.8. The van der Waals surface area contributed by atoms with Gasteiger partial charge in [0.25, 0.3) is 0 Å². The maximum Gasteiger partial charge on any atom is 0.408 e. The smallest absolute Gasteiger partial charge is 0.408 e. The topological polar surface area (TPSA) is 104 Å². The summed E-state index contributed by atoms with van der Waals surface area (Å²) in [6.07, 6.45) is 7.05. The maximum absolute atomic E-state index is 13.9. The summed E-state index contributed by atoms with van der Waals surface area (Å²) in [4.78, 5) is 17.4. The molecule has 2 aliphatic carbocycles. The molecule has 0 aromatic carbocycles. The molecule has 2 heterocycles. The van der Waals surface area contributed by atoms with Crippen molar-refractivity contribution < 1.29 is 22.9 Å². The zero-order valence-electron chi connectivity index (χ0n) is 22.1. The van der Waals surface area contributed by atoms with E-state index in [0.717, 1.165) is 31.2 Å². The van der Waals surface area contributed by atoms with Gasteiger partial charge < -0.3 is 14.6 Å². The number of alkyl halides is 2. The largest absolute Gasteiger partial charge is 0.598 e. The number of carbonyl (C=O) groups is 1. The second kappa shape index (κ2) is 11.4. The molecule has 0 spiro atoms. The van der Waals surface area contributed by atoms with Crippen LogP contribution in [0.1, 0.15) is 102 Å². The SMILES string of the molecule is CCCC[S+]([O-])NC(c1cnn2cc([C@@H](NC(=O)OC(C)(C)C)C3CCC(F)(F)CC3)nc2c1)C1CC1. The van der Waals surface area contributed by atoms with Crippen LogP contribution in [0.15, 0.2) is 18.5 Å². The van der Waals surface area contributed by atoms with Crippen LogP contribution >= 0.6 is 0 Å². The molecule has 11 heteroatoms. The molecule has 2 fully saturated rings. The lowest BCUT2D eigenvalue weighted by Crippen LogP contribution is -2.40. The number of halogens is 2. The van der Waals surface area contributed by atoms with Gasteiger partial charge in [-0.05, 0) is 76.3 Å². The van der Waals surface area contributed by atoms with Gasteiger partial charge in [0, 0.05) is 24.2 Å². The first-order valence-corrected chi connectivity index (χ1v) is 14.6. The lowest BCUT2D eigenvalue weighted by molar-refractivity contribution is -0.0500. The summed E-state index contributed by atoms with van der Waals surface area (Å²) >= 11 is -1.12. The van der Waals surface area contributed by atoms with Crippen molar-refractivity contribution in [2.24, 2.45) is 11.8 Å². The third kappa shape index (κ3) is 7.77. The number of nitrogens with zero attached hydrogens (tertiary/aromatic N) is 3. The summed E-state index contributed by atoms with van der Waals surface area (Å²) in [7, 11) is 0. The second-order valence-corrected chi connectivity index (χ2v) is 12.7. The Bertz CT molecular complexity index is 1060. The quantitative estimate of drug-likeness (QED) is 0.380. The van der Waals surface area contributed by atoms with Gasteiger partial charge >= 0.3 is 6.09 Å². The molecule has 8 nitrogen and oxygen atoms in total. The van der Waals surface area contributed by atoms with Gasteiger partial charge in [0.15, 0.2) is 5.65 Å². The average Bonchev–Trinajstić information content (AvgIpc) is 3.56. The van der Waals surface area contributed by atoms with Crippen LogP contribution in [0, 0.1) is 11.8 Å². The molecule has 2 saturated carbocycles. The normalized spacial score (nSPS) is 20.9. The van der Waals surface area contributed by atoms with Gasteiger partial charge in [-0.3, -0.25) is 0 Å². The number of fused-ring (bicyclic) bond motifs is 1. The highest BCUT2D eigenvalue weighted by atomic mass is 32.2. The van der Waals surface area contributed by atoms with Crippen molar-refractivity contribution in [3.05, 3.63) is 29.7 Å². The number of aromatic nitrogens is 3. The van der Waals surface area contributed by atoms with E-state index < -0.39 is 35.0 Å². The summed E-state index contributed by atoms with van der Waals surface area (Å²) in [6.45, 7) is 7.41. The molecule has 2 aromatic heterocycles. The summed E-state index contributed by atoms with van der Waals surface area (Å²) in [5.41, 5.74) is 1.39. The first-order valence-electron chi connectivity index (χ1n) is 13.3. The molecule has 2 N–H and O–H groups in total. The van der Waals surface area contributed by atoms with Crippen LogP contribution < -0.4 is 10.0 Å². The third-order valence-electron chi connectivity index (χ3n) is 6.98. The van der Waals surface area contributed by atoms with Crippen LogP contribution in [0.5, 0.6) is 0 Å². The first-order chi connectivity index (χ1) is 17.4. The molecule has 1 amide bonds.